The normalized spacial score (nSPS) is 22.3. The molecule has 0 saturated carbocycles. The summed E-state index contributed by atoms with van der Waals surface area (Å²) in [5, 5.41) is 7.92. The van der Waals surface area contributed by atoms with Gasteiger partial charge in [-0.2, -0.15) is 5.10 Å². The smallest absolute Gasteiger partial charge is 0.0647 e. The number of rotatable bonds is 2. The van der Waals surface area contributed by atoms with Gasteiger partial charge in [0.05, 0.1) is 22.4 Å². The van der Waals surface area contributed by atoms with E-state index in [2.05, 4.69) is 44.9 Å². The first-order valence-corrected chi connectivity index (χ1v) is 6.43. The highest BCUT2D eigenvalue weighted by atomic mass is 79.9. The van der Waals surface area contributed by atoms with Crippen LogP contribution < -0.4 is 5.32 Å². The third kappa shape index (κ3) is 2.26. The van der Waals surface area contributed by atoms with E-state index in [1.165, 1.54) is 18.5 Å². The molecule has 2 rings (SSSR count). The van der Waals surface area contributed by atoms with Gasteiger partial charge in [0, 0.05) is 6.54 Å². The Morgan fingerprint density at radius 1 is 1.60 bits per heavy atom. The lowest BCUT2D eigenvalue weighted by Gasteiger charge is -2.25. The van der Waals surface area contributed by atoms with Crippen LogP contribution in [0.25, 0.3) is 0 Å². The summed E-state index contributed by atoms with van der Waals surface area (Å²) in [5.74, 6) is 0.517. The third-order valence-corrected chi connectivity index (χ3v) is 3.56. The molecule has 0 bridgehead atoms. The van der Waals surface area contributed by atoms with Gasteiger partial charge in [-0.1, -0.05) is 13.8 Å². The van der Waals surface area contributed by atoms with Gasteiger partial charge in [0.2, 0.25) is 0 Å². The molecule has 1 aromatic heterocycles. The fourth-order valence-corrected chi connectivity index (χ4v) is 2.96. The molecule has 1 atom stereocenters. The molecule has 3 nitrogen and oxygen atoms in total. The summed E-state index contributed by atoms with van der Waals surface area (Å²) in [4.78, 5) is 0. The van der Waals surface area contributed by atoms with E-state index in [0.29, 0.717) is 12.0 Å². The molecule has 2 heterocycles. The Balaban J connectivity index is 2.26. The maximum atomic E-state index is 4.49. The van der Waals surface area contributed by atoms with Crippen LogP contribution in [0.4, 0.5) is 0 Å². The molecule has 4 heteroatoms. The van der Waals surface area contributed by atoms with Gasteiger partial charge in [0.25, 0.3) is 0 Å². The van der Waals surface area contributed by atoms with Gasteiger partial charge < -0.3 is 5.32 Å². The minimum absolute atomic E-state index is 0.517. The van der Waals surface area contributed by atoms with Gasteiger partial charge in [-0.15, -0.1) is 0 Å². The minimum atomic E-state index is 0.517. The predicted octanol–water partition coefficient (Wildman–Crippen LogP) is 2.69. The lowest BCUT2D eigenvalue weighted by Crippen LogP contribution is -2.33. The summed E-state index contributed by atoms with van der Waals surface area (Å²) in [6.07, 6.45) is 4.41. The summed E-state index contributed by atoms with van der Waals surface area (Å²) in [6.45, 7) is 6.63. The van der Waals surface area contributed by atoms with Crippen molar-refractivity contribution in [3.63, 3.8) is 0 Å². The molecule has 1 unspecified atom stereocenters. The number of halogens is 1. The molecule has 0 amide bonds. The van der Waals surface area contributed by atoms with Gasteiger partial charge in [-0.05, 0) is 41.2 Å². The van der Waals surface area contributed by atoms with Crippen LogP contribution in [-0.4, -0.2) is 22.9 Å². The predicted molar refractivity (Wildman–Crippen MR) is 65.2 cm³/mol. The summed E-state index contributed by atoms with van der Waals surface area (Å²) in [7, 11) is 0. The summed E-state index contributed by atoms with van der Waals surface area (Å²) < 4.78 is 3.34. The van der Waals surface area contributed by atoms with Gasteiger partial charge >= 0.3 is 0 Å². The van der Waals surface area contributed by atoms with Crippen LogP contribution in [0.1, 0.15) is 44.3 Å². The first-order valence-electron chi connectivity index (χ1n) is 5.63. The minimum Gasteiger partial charge on any atom is -0.315 e. The lowest BCUT2D eigenvalue weighted by atomic mass is 10.1. The Morgan fingerprint density at radius 3 is 3.00 bits per heavy atom. The van der Waals surface area contributed by atoms with E-state index >= 15 is 0 Å². The van der Waals surface area contributed by atoms with E-state index in [-0.39, 0.29) is 0 Å². The zero-order valence-electron chi connectivity index (χ0n) is 9.33. The molecule has 0 radical (unpaired) electrons. The van der Waals surface area contributed by atoms with Crippen LogP contribution >= 0.6 is 15.9 Å². The molecule has 1 aromatic rings. The fraction of sp³-hybridized carbons (Fsp3) is 0.727. The second-order valence-corrected chi connectivity index (χ2v) is 5.33. The maximum Gasteiger partial charge on any atom is 0.0647 e. The van der Waals surface area contributed by atoms with Gasteiger partial charge in [-0.3, -0.25) is 4.68 Å². The van der Waals surface area contributed by atoms with Gasteiger partial charge in [0.1, 0.15) is 0 Å². The maximum absolute atomic E-state index is 4.49. The van der Waals surface area contributed by atoms with Crippen molar-refractivity contribution >= 4 is 15.9 Å². The number of aromatic nitrogens is 2. The van der Waals surface area contributed by atoms with Gasteiger partial charge in [0.15, 0.2) is 0 Å². The van der Waals surface area contributed by atoms with Crippen molar-refractivity contribution in [1.29, 1.82) is 0 Å². The van der Waals surface area contributed by atoms with Crippen LogP contribution in [0.5, 0.6) is 0 Å². The second kappa shape index (κ2) is 4.66. The average molecular weight is 272 g/mol. The number of piperidine rings is 1. The Morgan fingerprint density at radius 2 is 2.40 bits per heavy atom. The van der Waals surface area contributed by atoms with E-state index in [1.54, 1.807) is 0 Å². The molecular weight excluding hydrogens is 254 g/mol. The Labute approximate surface area is 99.4 Å². The molecule has 1 aliphatic rings. The number of nitrogens with zero attached hydrogens (tertiary/aromatic N) is 2. The number of hydrogen-bond acceptors (Lipinski definition) is 2. The summed E-state index contributed by atoms with van der Waals surface area (Å²) in [6, 6.07) is 0.530. The zero-order chi connectivity index (χ0) is 10.8. The summed E-state index contributed by atoms with van der Waals surface area (Å²) in [5.41, 5.74) is 1.32. The monoisotopic (exact) mass is 271 g/mol. The van der Waals surface area contributed by atoms with Crippen molar-refractivity contribution in [3.8, 4) is 0 Å². The highest BCUT2D eigenvalue weighted by Crippen LogP contribution is 2.28. The lowest BCUT2D eigenvalue weighted by molar-refractivity contribution is 0.336. The molecule has 15 heavy (non-hydrogen) atoms. The third-order valence-electron chi connectivity index (χ3n) is 2.95. The van der Waals surface area contributed by atoms with Gasteiger partial charge in [-0.25, -0.2) is 0 Å². The molecule has 1 aliphatic heterocycles. The van der Waals surface area contributed by atoms with E-state index in [4.69, 9.17) is 0 Å². The largest absolute Gasteiger partial charge is 0.315 e. The van der Waals surface area contributed by atoms with E-state index in [9.17, 15) is 0 Å². The van der Waals surface area contributed by atoms with Crippen molar-refractivity contribution < 1.29 is 0 Å². The van der Waals surface area contributed by atoms with E-state index in [1.807, 2.05) is 6.20 Å². The highest BCUT2D eigenvalue weighted by Gasteiger charge is 2.21. The average Bonchev–Trinajstić information content (AvgIpc) is 2.61. The van der Waals surface area contributed by atoms with Crippen molar-refractivity contribution in [2.24, 2.45) is 0 Å². The Kier molecular flexibility index (Phi) is 3.46. The second-order valence-electron chi connectivity index (χ2n) is 4.48. The van der Waals surface area contributed by atoms with Crippen molar-refractivity contribution in [1.82, 2.24) is 15.1 Å². The Hall–Kier alpha value is -0.350. The summed E-state index contributed by atoms with van der Waals surface area (Å²) >= 11 is 3.58. The highest BCUT2D eigenvalue weighted by molar-refractivity contribution is 9.10. The molecule has 1 fully saturated rings. The molecular formula is C11H18BrN3. The molecule has 0 aromatic carbocycles. The molecule has 0 spiro atoms. The first-order chi connectivity index (χ1) is 7.20. The molecule has 0 aliphatic carbocycles. The number of hydrogen-bond donors (Lipinski definition) is 1. The Bertz CT molecular complexity index is 327. The van der Waals surface area contributed by atoms with Crippen molar-refractivity contribution in [2.45, 2.75) is 38.6 Å². The van der Waals surface area contributed by atoms with Crippen molar-refractivity contribution in [3.05, 3.63) is 16.4 Å². The standard InChI is InChI=1S/C11H18BrN3/c1-8(2)11-10(12)7-14-15(11)9-4-3-5-13-6-9/h7-9,13H,3-6H2,1-2H3. The van der Waals surface area contributed by atoms with Crippen LogP contribution in [0.3, 0.4) is 0 Å². The molecule has 84 valence electrons. The van der Waals surface area contributed by atoms with E-state index in [0.717, 1.165) is 17.6 Å². The van der Waals surface area contributed by atoms with Crippen LogP contribution in [0, 0.1) is 0 Å². The quantitative estimate of drug-likeness (QED) is 0.897. The zero-order valence-corrected chi connectivity index (χ0v) is 10.9. The number of nitrogens with one attached hydrogen (secondary N) is 1. The first kappa shape index (κ1) is 11.1. The van der Waals surface area contributed by atoms with Crippen LogP contribution in [-0.2, 0) is 0 Å². The topological polar surface area (TPSA) is 29.9 Å². The SMILES string of the molecule is CC(C)c1c(Br)cnn1C1CCCNC1. The van der Waals surface area contributed by atoms with Crippen LogP contribution in [0.15, 0.2) is 10.7 Å². The fourth-order valence-electron chi connectivity index (χ4n) is 2.22. The molecule has 1 saturated heterocycles. The van der Waals surface area contributed by atoms with Crippen LogP contribution in [0.2, 0.25) is 0 Å². The molecule has 1 N–H and O–H groups in total. The van der Waals surface area contributed by atoms with E-state index < -0.39 is 0 Å². The van der Waals surface area contributed by atoms with Crippen molar-refractivity contribution in [2.75, 3.05) is 13.1 Å².